The summed E-state index contributed by atoms with van der Waals surface area (Å²) in [5.41, 5.74) is 11.9. The lowest BCUT2D eigenvalue weighted by Crippen LogP contribution is -2.39. The Labute approximate surface area is 178 Å². The number of rotatable bonds is 6. The average Bonchev–Trinajstić information content (AvgIpc) is 2.54. The molecule has 1 rings (SSSR count). The summed E-state index contributed by atoms with van der Waals surface area (Å²) in [6.07, 6.45) is 0.135. The molecule has 0 bridgehead atoms. The molecule has 1 atom stereocenters. The van der Waals surface area contributed by atoms with Crippen LogP contribution in [0.25, 0.3) is 5.76 Å². The van der Waals surface area contributed by atoms with Gasteiger partial charge in [-0.15, -0.1) is 0 Å². The van der Waals surface area contributed by atoms with Crippen LogP contribution in [0.3, 0.4) is 0 Å². The fraction of sp³-hybridized carbons (Fsp3) is 0.524. The topological polar surface area (TPSA) is 138 Å². The quantitative estimate of drug-likeness (QED) is 0.404. The SMILES string of the molecule is CC(CO/C(=C/N)c1cc(NC(=O)OC(C)(C)C)ccc1N)NC(=O)OC(C)(C)C. The van der Waals surface area contributed by atoms with E-state index in [9.17, 15) is 9.59 Å². The van der Waals surface area contributed by atoms with Gasteiger partial charge in [0.15, 0.2) is 0 Å². The van der Waals surface area contributed by atoms with E-state index in [-0.39, 0.29) is 12.6 Å². The molecule has 0 aliphatic heterocycles. The summed E-state index contributed by atoms with van der Waals surface area (Å²) in [6.45, 7) is 12.6. The molecule has 0 aliphatic carbocycles. The number of hydrogen-bond donors (Lipinski definition) is 4. The zero-order valence-electron chi connectivity index (χ0n) is 18.8. The minimum atomic E-state index is -0.622. The number of hydrogen-bond acceptors (Lipinski definition) is 7. The first-order chi connectivity index (χ1) is 13.7. The van der Waals surface area contributed by atoms with Crippen molar-refractivity contribution in [3.63, 3.8) is 0 Å². The molecule has 1 aromatic rings. The van der Waals surface area contributed by atoms with Crippen LogP contribution in [-0.4, -0.2) is 36.0 Å². The number of carbonyl (C=O) groups excluding carboxylic acids is 2. The molecule has 9 nitrogen and oxygen atoms in total. The summed E-state index contributed by atoms with van der Waals surface area (Å²) in [4.78, 5) is 23.8. The molecule has 1 aromatic carbocycles. The maximum absolute atomic E-state index is 12.0. The van der Waals surface area contributed by atoms with Crippen LogP contribution in [0.15, 0.2) is 24.4 Å². The lowest BCUT2D eigenvalue weighted by molar-refractivity contribution is 0.0488. The molecule has 6 N–H and O–H groups in total. The minimum Gasteiger partial charge on any atom is -0.489 e. The standard InChI is InChI=1S/C21H34N4O5/c1-13(24-18(26)29-20(2,3)4)12-28-17(11-22)15-10-14(8-9-16(15)23)25-19(27)30-21(5,6)7/h8-11,13H,12,22-23H2,1-7H3,(H,24,26)(H,25,27)/b17-11+. The van der Waals surface area contributed by atoms with Crippen molar-refractivity contribution in [2.75, 3.05) is 17.7 Å². The van der Waals surface area contributed by atoms with Gasteiger partial charge in [0.1, 0.15) is 23.6 Å². The summed E-state index contributed by atoms with van der Waals surface area (Å²) >= 11 is 0. The lowest BCUT2D eigenvalue weighted by Gasteiger charge is -2.22. The lowest BCUT2D eigenvalue weighted by atomic mass is 10.1. The van der Waals surface area contributed by atoms with Crippen LogP contribution in [0.4, 0.5) is 21.0 Å². The third kappa shape index (κ3) is 9.40. The van der Waals surface area contributed by atoms with Crippen LogP contribution in [0.5, 0.6) is 0 Å². The summed E-state index contributed by atoms with van der Waals surface area (Å²) < 4.78 is 16.2. The number of alkyl carbamates (subject to hydrolysis) is 1. The Morgan fingerprint density at radius 3 is 2.17 bits per heavy atom. The van der Waals surface area contributed by atoms with Gasteiger partial charge in [-0.05, 0) is 66.7 Å². The van der Waals surface area contributed by atoms with Gasteiger partial charge in [-0.2, -0.15) is 0 Å². The average molecular weight is 423 g/mol. The van der Waals surface area contributed by atoms with Gasteiger partial charge >= 0.3 is 12.2 Å². The van der Waals surface area contributed by atoms with E-state index >= 15 is 0 Å². The molecule has 0 heterocycles. The van der Waals surface area contributed by atoms with Gasteiger partial charge in [0.25, 0.3) is 0 Å². The summed E-state index contributed by atoms with van der Waals surface area (Å²) in [5, 5.41) is 5.33. The van der Waals surface area contributed by atoms with Crippen molar-refractivity contribution in [1.82, 2.24) is 5.32 Å². The monoisotopic (exact) mass is 422 g/mol. The number of nitrogens with one attached hydrogen (secondary N) is 2. The summed E-state index contributed by atoms with van der Waals surface area (Å²) in [6, 6.07) is 4.55. The van der Waals surface area contributed by atoms with Gasteiger partial charge in [-0.25, -0.2) is 9.59 Å². The Hall–Kier alpha value is -3.10. The number of nitrogens with two attached hydrogens (primary N) is 2. The molecule has 0 radical (unpaired) electrons. The number of amides is 2. The van der Waals surface area contributed by atoms with Crippen molar-refractivity contribution in [2.45, 2.75) is 65.7 Å². The Morgan fingerprint density at radius 1 is 1.07 bits per heavy atom. The number of benzene rings is 1. The highest BCUT2D eigenvalue weighted by molar-refractivity contribution is 5.87. The van der Waals surface area contributed by atoms with Crippen LogP contribution in [-0.2, 0) is 14.2 Å². The molecule has 9 heteroatoms. The van der Waals surface area contributed by atoms with Crippen molar-refractivity contribution in [3.8, 4) is 0 Å². The molecule has 0 aliphatic rings. The Morgan fingerprint density at radius 2 is 1.63 bits per heavy atom. The van der Waals surface area contributed by atoms with Gasteiger partial charge in [0.2, 0.25) is 0 Å². The molecular weight excluding hydrogens is 388 g/mol. The molecule has 0 fully saturated rings. The molecule has 30 heavy (non-hydrogen) atoms. The largest absolute Gasteiger partial charge is 0.489 e. The van der Waals surface area contributed by atoms with E-state index in [1.165, 1.54) is 6.20 Å². The zero-order valence-corrected chi connectivity index (χ0v) is 18.8. The van der Waals surface area contributed by atoms with Crippen LogP contribution >= 0.6 is 0 Å². The molecule has 0 spiro atoms. The van der Waals surface area contributed by atoms with E-state index in [0.29, 0.717) is 22.7 Å². The molecular formula is C21H34N4O5. The molecule has 168 valence electrons. The summed E-state index contributed by atoms with van der Waals surface area (Å²) in [7, 11) is 0. The van der Waals surface area contributed by atoms with Crippen molar-refractivity contribution in [2.24, 2.45) is 5.73 Å². The fourth-order valence-electron chi connectivity index (χ4n) is 2.25. The highest BCUT2D eigenvalue weighted by atomic mass is 16.6. The normalized spacial score (nSPS) is 13.2. The third-order valence-corrected chi connectivity index (χ3v) is 3.37. The van der Waals surface area contributed by atoms with Crippen molar-refractivity contribution < 1.29 is 23.8 Å². The van der Waals surface area contributed by atoms with Crippen LogP contribution in [0, 0.1) is 0 Å². The van der Waals surface area contributed by atoms with E-state index in [0.717, 1.165) is 0 Å². The number of carbonyl (C=O) groups is 2. The first-order valence-electron chi connectivity index (χ1n) is 9.64. The van der Waals surface area contributed by atoms with Crippen LogP contribution in [0.2, 0.25) is 0 Å². The van der Waals surface area contributed by atoms with E-state index in [2.05, 4.69) is 10.6 Å². The predicted octanol–water partition coefficient (Wildman–Crippen LogP) is 3.80. The molecule has 0 saturated carbocycles. The predicted molar refractivity (Wildman–Crippen MR) is 118 cm³/mol. The highest BCUT2D eigenvalue weighted by Gasteiger charge is 2.19. The minimum absolute atomic E-state index is 0.130. The number of anilines is 2. The van der Waals surface area contributed by atoms with Crippen molar-refractivity contribution in [3.05, 3.63) is 30.0 Å². The second-order valence-corrected chi connectivity index (χ2v) is 8.82. The molecule has 2 amide bonds. The highest BCUT2D eigenvalue weighted by Crippen LogP contribution is 2.26. The summed E-state index contributed by atoms with van der Waals surface area (Å²) in [5.74, 6) is 0.304. The van der Waals surface area contributed by atoms with Crippen molar-refractivity contribution >= 4 is 29.3 Å². The number of nitrogen functional groups attached to an aromatic ring is 1. The second kappa shape index (κ2) is 10.1. The van der Waals surface area contributed by atoms with Gasteiger partial charge in [-0.1, -0.05) is 0 Å². The van der Waals surface area contributed by atoms with E-state index in [1.54, 1.807) is 66.7 Å². The van der Waals surface area contributed by atoms with Gasteiger partial charge in [0.05, 0.1) is 6.04 Å². The maximum Gasteiger partial charge on any atom is 0.412 e. The van der Waals surface area contributed by atoms with Crippen molar-refractivity contribution in [1.29, 1.82) is 0 Å². The second-order valence-electron chi connectivity index (χ2n) is 8.82. The molecule has 0 aromatic heterocycles. The Bertz CT molecular complexity index is 779. The fourth-order valence-corrected chi connectivity index (χ4v) is 2.25. The van der Waals surface area contributed by atoms with Gasteiger partial charge < -0.3 is 31.0 Å². The molecule has 0 saturated heterocycles. The van der Waals surface area contributed by atoms with Gasteiger partial charge in [0, 0.05) is 23.1 Å². The van der Waals surface area contributed by atoms with Crippen LogP contribution < -0.4 is 22.1 Å². The smallest absolute Gasteiger partial charge is 0.412 e. The Balaban J connectivity index is 2.78. The molecule has 1 unspecified atom stereocenters. The van der Waals surface area contributed by atoms with E-state index < -0.39 is 23.4 Å². The first kappa shape index (κ1) is 24.9. The van der Waals surface area contributed by atoms with Crippen LogP contribution in [0.1, 0.15) is 54.0 Å². The van der Waals surface area contributed by atoms with E-state index in [1.807, 2.05) is 0 Å². The third-order valence-electron chi connectivity index (χ3n) is 3.37. The van der Waals surface area contributed by atoms with E-state index in [4.69, 9.17) is 25.7 Å². The number of ether oxygens (including phenoxy) is 3. The first-order valence-corrected chi connectivity index (χ1v) is 9.64. The Kier molecular flexibility index (Phi) is 8.38. The zero-order chi connectivity index (χ0) is 23.1. The van der Waals surface area contributed by atoms with Gasteiger partial charge in [-0.3, -0.25) is 5.32 Å². The maximum atomic E-state index is 12.0.